The number of aryl methyl sites for hydroxylation is 3. The van der Waals surface area contributed by atoms with Crippen molar-refractivity contribution in [3.63, 3.8) is 0 Å². The number of hydrogen-bond donors (Lipinski definition) is 0. The van der Waals surface area contributed by atoms with Crippen LogP contribution in [0.1, 0.15) is 216 Å². The van der Waals surface area contributed by atoms with Gasteiger partial charge in [0.25, 0.3) is 0 Å². The van der Waals surface area contributed by atoms with E-state index in [0.29, 0.717) is 0 Å². The maximum Gasteiger partial charge on any atom is 0.0886 e. The van der Waals surface area contributed by atoms with Crippen LogP contribution in [0.3, 0.4) is 0 Å². The number of thiophene rings is 3. The summed E-state index contributed by atoms with van der Waals surface area (Å²) in [4.78, 5) is 45.4. The lowest BCUT2D eigenvalue weighted by molar-refractivity contribution is 0.608. The number of pyridine rings is 8. The van der Waals surface area contributed by atoms with Crippen LogP contribution in [-0.2, 0) is 19.3 Å². The zero-order chi connectivity index (χ0) is 67.9. The molecule has 0 amide bonds. The van der Waals surface area contributed by atoms with Gasteiger partial charge < -0.3 is 0 Å². The number of hydrogen-bond acceptors (Lipinski definition) is 11. The first-order valence-electron chi connectivity index (χ1n) is 36.0. The topological polar surface area (TPSA) is 103 Å². The Hall–Kier alpha value is -9.26. The van der Waals surface area contributed by atoms with E-state index in [-0.39, 0.29) is 0 Å². The van der Waals surface area contributed by atoms with Gasteiger partial charge in [0.2, 0.25) is 0 Å². The van der Waals surface area contributed by atoms with Crippen molar-refractivity contribution in [1.82, 2.24) is 39.9 Å². The van der Waals surface area contributed by atoms with E-state index in [0.717, 1.165) is 98.2 Å². The fourth-order valence-corrected chi connectivity index (χ4v) is 15.0. The summed E-state index contributed by atoms with van der Waals surface area (Å²) in [6.45, 7) is 6.84. The predicted octanol–water partition coefficient (Wildman–Crippen LogP) is 25.4. The Morgan fingerprint density at radius 2 is 0.485 bits per heavy atom. The molecule has 0 bridgehead atoms. The van der Waals surface area contributed by atoms with Gasteiger partial charge in [0, 0.05) is 78.8 Å². The van der Waals surface area contributed by atoms with Crippen molar-refractivity contribution in [2.75, 3.05) is 0 Å². The normalized spacial score (nSPS) is 12.0. The van der Waals surface area contributed by atoms with Crippen molar-refractivity contribution in [1.29, 1.82) is 0 Å². The first kappa shape index (κ1) is 71.0. The van der Waals surface area contributed by atoms with Gasteiger partial charge in [-0.2, -0.15) is 0 Å². The van der Waals surface area contributed by atoms with Crippen LogP contribution in [0.4, 0.5) is 0 Å². The Balaban J connectivity index is 0.704. The molecule has 502 valence electrons. The van der Waals surface area contributed by atoms with Crippen molar-refractivity contribution in [2.24, 2.45) is 0 Å². The highest BCUT2D eigenvalue weighted by molar-refractivity contribution is 7.14. The Kier molecular flexibility index (Phi) is 27.8. The molecule has 8 nitrogen and oxygen atoms in total. The van der Waals surface area contributed by atoms with Gasteiger partial charge in [0.05, 0.1) is 45.6 Å². The Bertz CT molecular complexity index is 4390. The van der Waals surface area contributed by atoms with Gasteiger partial charge in [0.1, 0.15) is 0 Å². The monoisotopic (exact) mass is 1360 g/mol. The highest BCUT2D eigenvalue weighted by Crippen LogP contribution is 2.33. The summed E-state index contributed by atoms with van der Waals surface area (Å²) in [7, 11) is 0. The van der Waals surface area contributed by atoms with E-state index in [1.54, 1.807) is 12.4 Å². The molecule has 0 aliphatic heterocycles. The van der Waals surface area contributed by atoms with Gasteiger partial charge in [-0.3, -0.25) is 39.9 Å². The van der Waals surface area contributed by atoms with Gasteiger partial charge in [-0.25, -0.2) is 0 Å². The fraction of sp³-hybridized carbons (Fsp3) is 0.273. The van der Waals surface area contributed by atoms with Crippen molar-refractivity contribution < 1.29 is 0 Å². The van der Waals surface area contributed by atoms with Crippen LogP contribution >= 0.6 is 34.0 Å². The maximum absolute atomic E-state index is 4.89. The lowest BCUT2D eigenvalue weighted by Crippen LogP contribution is -1.88. The minimum absolute atomic E-state index is 0.852. The standard InChI is InChI=1S/C88H92N8S3/c1-4-7-10-13-16-19-26-72-58-76(98-86(72)52-40-69-37-47-81(92-63-69)79-30-23-25-56-90-79)44-32-67-35-48-82(93-61-67)85-51-39-71(65-96-85)42-54-88-74(28-21-18-15-12-9-6-3)59-77(99-88)45-33-68-36-49-83(94-62-68)84-50-38-70(64-95-84)41-53-87-73(27-20-17-14-11-8-5-2)57-75(97-87)43-31-66-34-46-80(91-60-66)78-29-22-24-55-89-78/h22-25,29-65H,4-21,26-28H2,1-3H3/b43-31+,44-32+,45-33+,52-40+,53-41+,54-42+. The minimum Gasteiger partial charge on any atom is -0.255 e. The molecule has 0 saturated carbocycles. The molecule has 0 aliphatic carbocycles. The van der Waals surface area contributed by atoms with Gasteiger partial charge in [-0.15, -0.1) is 34.0 Å². The Morgan fingerprint density at radius 1 is 0.242 bits per heavy atom. The zero-order valence-electron chi connectivity index (χ0n) is 57.8. The fourth-order valence-electron chi connectivity index (χ4n) is 11.9. The molecule has 11 rings (SSSR count). The molecule has 99 heavy (non-hydrogen) atoms. The van der Waals surface area contributed by atoms with Crippen LogP contribution in [0.25, 0.3) is 118 Å². The van der Waals surface area contributed by atoms with E-state index in [4.69, 9.17) is 24.9 Å². The van der Waals surface area contributed by atoms with Gasteiger partial charge in [-0.1, -0.05) is 202 Å². The summed E-state index contributed by atoms with van der Waals surface area (Å²) in [6, 6.07) is 44.1. The van der Waals surface area contributed by atoms with Crippen molar-refractivity contribution in [2.45, 2.75) is 156 Å². The lowest BCUT2D eigenvalue weighted by atomic mass is 10.0. The second-order valence-electron chi connectivity index (χ2n) is 25.5. The molecule has 0 aromatic carbocycles. The first-order valence-corrected chi connectivity index (χ1v) is 38.4. The molecule has 0 atom stereocenters. The summed E-state index contributed by atoms with van der Waals surface area (Å²) in [5, 5.41) is 0. The summed E-state index contributed by atoms with van der Waals surface area (Å²) >= 11 is 5.51. The molecule has 11 heterocycles. The SMILES string of the molecule is CCCCCCCCc1cc(/C=C/c2ccc(-c3ccc(/C=C/c4sc(/C=C/c5ccc(-c6ccc(/C=C/c7sc(/C=C/c8ccc(-c9ccccn9)nc8)cc7CCCCCCCC)cn6)nc5)cc4CCCCCCCC)cn3)nc2)sc1/C=C/c1ccc(-c2ccccn2)nc1. The number of rotatable bonds is 37. The summed E-state index contributed by atoms with van der Waals surface area (Å²) in [6.07, 6.45) is 68.0. The van der Waals surface area contributed by atoms with Crippen molar-refractivity contribution >= 4 is 107 Å². The van der Waals surface area contributed by atoms with Crippen LogP contribution in [-0.4, -0.2) is 39.9 Å². The zero-order valence-corrected chi connectivity index (χ0v) is 60.3. The van der Waals surface area contributed by atoms with E-state index in [1.807, 2.05) is 120 Å². The highest BCUT2D eigenvalue weighted by atomic mass is 32.1. The molecule has 0 saturated heterocycles. The first-order chi connectivity index (χ1) is 48.9. The number of unbranched alkanes of at least 4 members (excludes halogenated alkanes) is 15. The summed E-state index contributed by atoms with van der Waals surface area (Å²) < 4.78 is 0. The third-order valence-corrected chi connectivity index (χ3v) is 21.0. The maximum atomic E-state index is 4.89. The lowest BCUT2D eigenvalue weighted by Gasteiger charge is -2.03. The third-order valence-electron chi connectivity index (χ3n) is 17.7. The molecule has 0 spiro atoms. The smallest absolute Gasteiger partial charge is 0.0886 e. The molecule has 11 aromatic rings. The van der Waals surface area contributed by atoms with E-state index < -0.39 is 0 Å². The second kappa shape index (κ2) is 38.8. The summed E-state index contributed by atoms with van der Waals surface area (Å²) in [5.41, 5.74) is 17.5. The average molecular weight is 1360 g/mol. The third kappa shape index (κ3) is 22.4. The Morgan fingerprint density at radius 3 is 0.717 bits per heavy atom. The predicted molar refractivity (Wildman–Crippen MR) is 428 cm³/mol. The second-order valence-corrected chi connectivity index (χ2v) is 28.8. The number of nitrogens with zero attached hydrogens (tertiary/aromatic N) is 8. The van der Waals surface area contributed by atoms with Crippen LogP contribution in [0.5, 0.6) is 0 Å². The van der Waals surface area contributed by atoms with Crippen LogP contribution in [0.15, 0.2) is 177 Å². The molecule has 0 aliphatic rings. The molecular weight excluding hydrogens is 1270 g/mol. The highest BCUT2D eigenvalue weighted by Gasteiger charge is 2.12. The van der Waals surface area contributed by atoms with Crippen LogP contribution < -0.4 is 0 Å². The van der Waals surface area contributed by atoms with Crippen molar-refractivity contribution in [3.05, 3.63) is 256 Å². The molecule has 11 heteroatoms. The molecular formula is C88H92N8S3. The van der Waals surface area contributed by atoms with E-state index >= 15 is 0 Å². The van der Waals surface area contributed by atoms with Crippen molar-refractivity contribution in [3.8, 4) is 45.6 Å². The minimum atomic E-state index is 0.852. The van der Waals surface area contributed by atoms with Gasteiger partial charge in [0.15, 0.2) is 0 Å². The van der Waals surface area contributed by atoms with Crippen LogP contribution in [0.2, 0.25) is 0 Å². The molecule has 0 fully saturated rings. The summed E-state index contributed by atoms with van der Waals surface area (Å²) in [5.74, 6) is 0. The molecule has 0 radical (unpaired) electrons. The van der Waals surface area contributed by atoms with E-state index in [1.165, 1.54) is 162 Å². The largest absolute Gasteiger partial charge is 0.255 e. The average Bonchev–Trinajstić information content (AvgIpc) is 1.78. The van der Waals surface area contributed by atoms with Gasteiger partial charge in [-0.05, 0) is 204 Å². The molecule has 0 N–H and O–H groups in total. The van der Waals surface area contributed by atoms with E-state index in [2.05, 4.69) is 187 Å². The number of aromatic nitrogens is 8. The Labute approximate surface area is 600 Å². The quantitative estimate of drug-likeness (QED) is 0.0355. The van der Waals surface area contributed by atoms with Crippen LogP contribution in [0, 0.1) is 0 Å². The molecule has 0 unspecified atom stereocenters. The molecule has 11 aromatic heterocycles. The van der Waals surface area contributed by atoms with Gasteiger partial charge >= 0.3 is 0 Å². The van der Waals surface area contributed by atoms with E-state index in [9.17, 15) is 0 Å².